The first kappa shape index (κ1) is 13.0. The minimum absolute atomic E-state index is 0.103. The van der Waals surface area contributed by atoms with E-state index in [1.807, 2.05) is 0 Å². The number of carbonyl (C=O) groups is 1. The topological polar surface area (TPSA) is 50.4 Å². The molecule has 2 amide bonds. The number of carbonyl (C=O) groups excluding carboxylic acids is 1. The minimum atomic E-state index is -0.103. The highest BCUT2D eigenvalue weighted by atomic mass is 16.5. The van der Waals surface area contributed by atoms with Crippen molar-refractivity contribution in [2.75, 3.05) is 26.8 Å². The van der Waals surface area contributed by atoms with Crippen LogP contribution in [-0.2, 0) is 4.74 Å². The quantitative estimate of drug-likeness (QED) is 0.536. The lowest BCUT2D eigenvalue weighted by Crippen LogP contribution is -2.37. The third kappa shape index (κ3) is 5.75. The van der Waals surface area contributed by atoms with Gasteiger partial charge in [-0.15, -0.1) is 0 Å². The molecule has 2 N–H and O–H groups in total. The van der Waals surface area contributed by atoms with E-state index in [1.165, 1.54) is 31.3 Å². The number of urea groups is 1. The Morgan fingerprint density at radius 2 is 2.19 bits per heavy atom. The maximum Gasteiger partial charge on any atom is 0.314 e. The van der Waals surface area contributed by atoms with Gasteiger partial charge in [0.15, 0.2) is 0 Å². The van der Waals surface area contributed by atoms with Crippen molar-refractivity contribution in [1.82, 2.24) is 10.6 Å². The largest absolute Gasteiger partial charge is 0.383 e. The fourth-order valence-corrected chi connectivity index (χ4v) is 1.80. The molecule has 4 heteroatoms. The number of methoxy groups -OCH3 is 1. The second kappa shape index (κ2) is 8.16. The molecule has 0 radical (unpaired) electrons. The Morgan fingerprint density at radius 3 is 2.88 bits per heavy atom. The predicted molar refractivity (Wildman–Crippen MR) is 64.4 cm³/mol. The first-order valence-electron chi connectivity index (χ1n) is 6.01. The molecule has 1 aliphatic rings. The van der Waals surface area contributed by atoms with Crippen molar-refractivity contribution in [3.63, 3.8) is 0 Å². The Labute approximate surface area is 97.4 Å². The van der Waals surface area contributed by atoms with Crippen LogP contribution in [0.25, 0.3) is 0 Å². The highest BCUT2D eigenvalue weighted by molar-refractivity contribution is 5.73. The molecule has 0 spiro atoms. The Hall–Kier alpha value is -1.03. The third-order valence-electron chi connectivity index (χ3n) is 2.71. The number of hydrogen-bond acceptors (Lipinski definition) is 2. The molecule has 0 aliphatic heterocycles. The summed E-state index contributed by atoms with van der Waals surface area (Å²) in [6, 6.07) is -0.103. The Morgan fingerprint density at radius 1 is 1.38 bits per heavy atom. The van der Waals surface area contributed by atoms with Gasteiger partial charge in [0.1, 0.15) is 0 Å². The summed E-state index contributed by atoms with van der Waals surface area (Å²) in [6.45, 7) is 1.84. The van der Waals surface area contributed by atoms with E-state index in [4.69, 9.17) is 4.74 Å². The van der Waals surface area contributed by atoms with Gasteiger partial charge in [-0.05, 0) is 32.1 Å². The molecule has 0 aromatic rings. The zero-order valence-electron chi connectivity index (χ0n) is 10.1. The molecule has 16 heavy (non-hydrogen) atoms. The lowest BCUT2D eigenvalue weighted by molar-refractivity contribution is 0.196. The molecule has 0 saturated heterocycles. The number of allylic oxidation sites excluding steroid dienone is 1. The number of rotatable bonds is 6. The maximum atomic E-state index is 11.3. The van der Waals surface area contributed by atoms with E-state index in [-0.39, 0.29) is 6.03 Å². The number of amides is 2. The van der Waals surface area contributed by atoms with Gasteiger partial charge in [-0.1, -0.05) is 11.6 Å². The van der Waals surface area contributed by atoms with E-state index < -0.39 is 0 Å². The molecule has 0 unspecified atom stereocenters. The Balaban J connectivity index is 2.01. The van der Waals surface area contributed by atoms with Gasteiger partial charge in [0.05, 0.1) is 6.61 Å². The highest BCUT2D eigenvalue weighted by Gasteiger charge is 2.04. The van der Waals surface area contributed by atoms with E-state index in [0.717, 1.165) is 13.0 Å². The number of hydrogen-bond donors (Lipinski definition) is 2. The number of nitrogens with one attached hydrogen (secondary N) is 2. The molecule has 0 atom stereocenters. The summed E-state index contributed by atoms with van der Waals surface area (Å²) in [7, 11) is 1.62. The summed E-state index contributed by atoms with van der Waals surface area (Å²) in [5.74, 6) is 0. The minimum Gasteiger partial charge on any atom is -0.383 e. The molecule has 0 bridgehead atoms. The van der Waals surface area contributed by atoms with Gasteiger partial charge in [0, 0.05) is 20.2 Å². The Bertz CT molecular complexity index is 239. The molecule has 0 heterocycles. The van der Waals surface area contributed by atoms with Gasteiger partial charge in [-0.2, -0.15) is 0 Å². The van der Waals surface area contributed by atoms with Gasteiger partial charge in [-0.25, -0.2) is 4.79 Å². The number of ether oxygens (including phenoxy) is 1. The monoisotopic (exact) mass is 226 g/mol. The van der Waals surface area contributed by atoms with Crippen LogP contribution in [0.3, 0.4) is 0 Å². The lowest BCUT2D eigenvalue weighted by atomic mass is 9.97. The Kier molecular flexibility index (Phi) is 6.65. The van der Waals surface area contributed by atoms with Gasteiger partial charge < -0.3 is 15.4 Å². The molecule has 92 valence electrons. The van der Waals surface area contributed by atoms with E-state index in [0.29, 0.717) is 13.2 Å². The smallest absolute Gasteiger partial charge is 0.314 e. The first-order chi connectivity index (χ1) is 7.83. The zero-order chi connectivity index (χ0) is 11.6. The molecule has 1 aliphatic carbocycles. The summed E-state index contributed by atoms with van der Waals surface area (Å²) in [5, 5.41) is 5.57. The summed E-state index contributed by atoms with van der Waals surface area (Å²) >= 11 is 0. The molecule has 1 rings (SSSR count). The van der Waals surface area contributed by atoms with Crippen LogP contribution in [-0.4, -0.2) is 32.8 Å². The first-order valence-corrected chi connectivity index (χ1v) is 6.01. The molecule has 0 saturated carbocycles. The summed E-state index contributed by atoms with van der Waals surface area (Å²) < 4.78 is 4.84. The van der Waals surface area contributed by atoms with Gasteiger partial charge in [0.25, 0.3) is 0 Å². The lowest BCUT2D eigenvalue weighted by Gasteiger charge is -2.13. The summed E-state index contributed by atoms with van der Waals surface area (Å²) in [4.78, 5) is 11.3. The van der Waals surface area contributed by atoms with Crippen LogP contribution in [0, 0.1) is 0 Å². The van der Waals surface area contributed by atoms with E-state index in [9.17, 15) is 4.79 Å². The molecular formula is C12H22N2O2. The van der Waals surface area contributed by atoms with Crippen LogP contribution in [0.4, 0.5) is 4.79 Å². The van der Waals surface area contributed by atoms with Crippen LogP contribution in [0.2, 0.25) is 0 Å². The van der Waals surface area contributed by atoms with E-state index in [2.05, 4.69) is 16.7 Å². The van der Waals surface area contributed by atoms with Crippen LogP contribution < -0.4 is 10.6 Å². The van der Waals surface area contributed by atoms with Crippen molar-refractivity contribution in [3.8, 4) is 0 Å². The standard InChI is InChI=1S/C12H22N2O2/c1-16-10-9-14-12(15)13-8-7-11-5-3-2-4-6-11/h5H,2-4,6-10H2,1H3,(H2,13,14,15). The van der Waals surface area contributed by atoms with Gasteiger partial charge in [0.2, 0.25) is 0 Å². The molecular weight excluding hydrogens is 204 g/mol. The van der Waals surface area contributed by atoms with Crippen molar-refractivity contribution < 1.29 is 9.53 Å². The molecule has 0 fully saturated rings. The second-order valence-corrected chi connectivity index (χ2v) is 4.03. The van der Waals surface area contributed by atoms with Crippen molar-refractivity contribution in [2.45, 2.75) is 32.1 Å². The van der Waals surface area contributed by atoms with Crippen LogP contribution in [0.5, 0.6) is 0 Å². The average molecular weight is 226 g/mol. The summed E-state index contributed by atoms with van der Waals surface area (Å²) in [5.41, 5.74) is 1.49. The predicted octanol–water partition coefficient (Wildman–Crippen LogP) is 1.82. The van der Waals surface area contributed by atoms with Crippen LogP contribution >= 0.6 is 0 Å². The fourth-order valence-electron chi connectivity index (χ4n) is 1.80. The van der Waals surface area contributed by atoms with Crippen LogP contribution in [0.1, 0.15) is 32.1 Å². The van der Waals surface area contributed by atoms with Crippen molar-refractivity contribution in [3.05, 3.63) is 11.6 Å². The molecule has 0 aromatic carbocycles. The summed E-state index contributed by atoms with van der Waals surface area (Å²) in [6.07, 6.45) is 8.31. The van der Waals surface area contributed by atoms with E-state index >= 15 is 0 Å². The van der Waals surface area contributed by atoms with Crippen LogP contribution in [0.15, 0.2) is 11.6 Å². The fraction of sp³-hybridized carbons (Fsp3) is 0.750. The van der Waals surface area contributed by atoms with Crippen molar-refractivity contribution in [2.24, 2.45) is 0 Å². The van der Waals surface area contributed by atoms with Crippen molar-refractivity contribution in [1.29, 1.82) is 0 Å². The average Bonchev–Trinajstić information content (AvgIpc) is 2.31. The maximum absolute atomic E-state index is 11.3. The third-order valence-corrected chi connectivity index (χ3v) is 2.71. The SMILES string of the molecule is COCCNC(=O)NCCC1=CCCCC1. The highest BCUT2D eigenvalue weighted by Crippen LogP contribution is 2.19. The van der Waals surface area contributed by atoms with E-state index in [1.54, 1.807) is 7.11 Å². The van der Waals surface area contributed by atoms with Gasteiger partial charge >= 0.3 is 6.03 Å². The van der Waals surface area contributed by atoms with Gasteiger partial charge in [-0.3, -0.25) is 0 Å². The zero-order valence-corrected chi connectivity index (χ0v) is 10.1. The molecule has 0 aromatic heterocycles. The van der Waals surface area contributed by atoms with Crippen molar-refractivity contribution >= 4 is 6.03 Å². The molecule has 4 nitrogen and oxygen atoms in total. The normalized spacial score (nSPS) is 15.4. The second-order valence-electron chi connectivity index (χ2n) is 4.03.